The van der Waals surface area contributed by atoms with Gasteiger partial charge in [0, 0.05) is 10.9 Å². The van der Waals surface area contributed by atoms with Crippen LogP contribution in [0.1, 0.15) is 17.4 Å². The number of hydrogen-bond donors (Lipinski definition) is 1. The lowest BCUT2D eigenvalue weighted by Gasteiger charge is -2.09. The van der Waals surface area contributed by atoms with Crippen molar-refractivity contribution in [2.24, 2.45) is 0 Å². The molecule has 1 atom stereocenters. The van der Waals surface area contributed by atoms with Gasteiger partial charge in [0.25, 0.3) is 0 Å². The molecule has 0 bridgehead atoms. The van der Waals surface area contributed by atoms with E-state index in [4.69, 9.17) is 16.0 Å². The zero-order valence-electron chi connectivity index (χ0n) is 10.1. The second-order valence-electron chi connectivity index (χ2n) is 4.35. The fraction of sp³-hybridized carbons (Fsp3) is 0.0667. The predicted octanol–water partition coefficient (Wildman–Crippen LogP) is 4.45. The first-order valence-corrected chi connectivity index (χ1v) is 6.25. The highest BCUT2D eigenvalue weighted by molar-refractivity contribution is 6.30. The van der Waals surface area contributed by atoms with E-state index < -0.39 is 17.7 Å². The molecule has 1 heterocycles. The zero-order valence-corrected chi connectivity index (χ0v) is 10.9. The van der Waals surface area contributed by atoms with Crippen LogP contribution in [-0.2, 0) is 0 Å². The van der Waals surface area contributed by atoms with Crippen molar-refractivity contribution in [3.63, 3.8) is 0 Å². The van der Waals surface area contributed by atoms with Crippen LogP contribution in [-0.4, -0.2) is 5.11 Å². The lowest BCUT2D eigenvalue weighted by molar-refractivity contribution is 0.187. The Hall–Kier alpha value is -1.91. The Morgan fingerprint density at radius 3 is 2.60 bits per heavy atom. The molecule has 0 fully saturated rings. The third kappa shape index (κ3) is 2.07. The standard InChI is InChI=1S/C15H9ClF2O2/c16-10-5-2-4-9(13(10)18)14(19)12-7-8-3-1-6-11(17)15(8)20-12/h1-7,14,19H. The van der Waals surface area contributed by atoms with E-state index >= 15 is 0 Å². The summed E-state index contributed by atoms with van der Waals surface area (Å²) in [4.78, 5) is 0. The van der Waals surface area contributed by atoms with Crippen molar-refractivity contribution in [3.05, 3.63) is 70.4 Å². The van der Waals surface area contributed by atoms with Crippen LogP contribution in [0.2, 0.25) is 5.02 Å². The highest BCUT2D eigenvalue weighted by atomic mass is 35.5. The lowest BCUT2D eigenvalue weighted by Crippen LogP contribution is -2.01. The normalized spacial score (nSPS) is 12.8. The topological polar surface area (TPSA) is 33.4 Å². The van der Waals surface area contributed by atoms with Gasteiger partial charge in [-0.3, -0.25) is 0 Å². The van der Waals surface area contributed by atoms with E-state index in [-0.39, 0.29) is 21.9 Å². The Morgan fingerprint density at radius 2 is 1.85 bits per heavy atom. The van der Waals surface area contributed by atoms with E-state index in [1.165, 1.54) is 36.4 Å². The molecule has 2 aromatic carbocycles. The van der Waals surface area contributed by atoms with Gasteiger partial charge in [-0.05, 0) is 18.2 Å². The van der Waals surface area contributed by atoms with Gasteiger partial charge in [0.1, 0.15) is 17.7 Å². The quantitative estimate of drug-likeness (QED) is 0.757. The summed E-state index contributed by atoms with van der Waals surface area (Å²) in [6.45, 7) is 0. The molecule has 0 aliphatic rings. The molecule has 3 rings (SSSR count). The molecule has 0 aliphatic carbocycles. The van der Waals surface area contributed by atoms with Crippen molar-refractivity contribution in [2.75, 3.05) is 0 Å². The van der Waals surface area contributed by atoms with Crippen LogP contribution in [0, 0.1) is 11.6 Å². The Balaban J connectivity index is 2.10. The maximum atomic E-state index is 13.9. The molecule has 2 nitrogen and oxygen atoms in total. The van der Waals surface area contributed by atoms with Crippen LogP contribution in [0.25, 0.3) is 11.0 Å². The van der Waals surface area contributed by atoms with Crippen LogP contribution >= 0.6 is 11.6 Å². The minimum atomic E-state index is -1.35. The van der Waals surface area contributed by atoms with E-state index in [2.05, 4.69) is 0 Å². The summed E-state index contributed by atoms with van der Waals surface area (Å²) < 4.78 is 32.7. The van der Waals surface area contributed by atoms with Crippen LogP contribution in [0.15, 0.2) is 46.9 Å². The number of aliphatic hydroxyl groups excluding tert-OH is 1. The summed E-state index contributed by atoms with van der Waals surface area (Å²) >= 11 is 5.67. The first-order chi connectivity index (χ1) is 9.58. The Morgan fingerprint density at radius 1 is 1.10 bits per heavy atom. The minimum absolute atomic E-state index is 0.0167. The molecule has 5 heteroatoms. The third-order valence-electron chi connectivity index (χ3n) is 3.06. The van der Waals surface area contributed by atoms with Crippen LogP contribution in [0.4, 0.5) is 8.78 Å². The zero-order chi connectivity index (χ0) is 14.3. The number of aliphatic hydroxyl groups is 1. The monoisotopic (exact) mass is 294 g/mol. The summed E-state index contributed by atoms with van der Waals surface area (Å²) in [5, 5.41) is 10.6. The average molecular weight is 295 g/mol. The van der Waals surface area contributed by atoms with Gasteiger partial charge in [0.2, 0.25) is 0 Å². The molecule has 1 N–H and O–H groups in total. The van der Waals surface area contributed by atoms with Gasteiger partial charge in [-0.25, -0.2) is 8.78 Å². The SMILES string of the molecule is OC(c1cc2cccc(F)c2o1)c1cccc(Cl)c1F. The highest BCUT2D eigenvalue weighted by Gasteiger charge is 2.21. The largest absolute Gasteiger partial charge is 0.455 e. The molecule has 0 saturated heterocycles. The average Bonchev–Trinajstić information content (AvgIpc) is 2.87. The maximum Gasteiger partial charge on any atom is 0.170 e. The molecule has 0 saturated carbocycles. The molecular formula is C15H9ClF2O2. The Labute approximate surface area is 118 Å². The van der Waals surface area contributed by atoms with Crippen LogP contribution < -0.4 is 0 Å². The Bertz CT molecular complexity index is 783. The molecule has 102 valence electrons. The van der Waals surface area contributed by atoms with E-state index in [0.717, 1.165) is 0 Å². The fourth-order valence-electron chi connectivity index (χ4n) is 2.07. The summed E-state index contributed by atoms with van der Waals surface area (Å²) in [7, 11) is 0. The molecular weight excluding hydrogens is 286 g/mol. The summed E-state index contributed by atoms with van der Waals surface area (Å²) in [5.41, 5.74) is 0.0148. The fourth-order valence-corrected chi connectivity index (χ4v) is 2.25. The smallest absolute Gasteiger partial charge is 0.170 e. The van der Waals surface area contributed by atoms with E-state index in [1.54, 1.807) is 6.07 Å². The first kappa shape index (κ1) is 13.1. The number of furan rings is 1. The van der Waals surface area contributed by atoms with Crippen molar-refractivity contribution in [1.29, 1.82) is 0 Å². The van der Waals surface area contributed by atoms with Gasteiger partial charge in [-0.2, -0.15) is 0 Å². The second-order valence-corrected chi connectivity index (χ2v) is 4.76. The second kappa shape index (κ2) is 4.89. The Kier molecular flexibility index (Phi) is 3.20. The molecule has 0 amide bonds. The van der Waals surface area contributed by atoms with Crippen molar-refractivity contribution in [2.45, 2.75) is 6.10 Å². The van der Waals surface area contributed by atoms with Crippen molar-refractivity contribution < 1.29 is 18.3 Å². The van der Waals surface area contributed by atoms with Crippen LogP contribution in [0.5, 0.6) is 0 Å². The summed E-state index contributed by atoms with van der Waals surface area (Å²) in [5.74, 6) is -1.19. The maximum absolute atomic E-state index is 13.9. The molecule has 0 spiro atoms. The van der Waals surface area contributed by atoms with Crippen molar-refractivity contribution in [3.8, 4) is 0 Å². The van der Waals surface area contributed by atoms with E-state index in [1.807, 2.05) is 0 Å². The molecule has 1 aromatic heterocycles. The number of benzene rings is 2. The van der Waals surface area contributed by atoms with Gasteiger partial charge in [0.05, 0.1) is 5.02 Å². The summed E-state index contributed by atoms with van der Waals surface area (Å²) in [6.07, 6.45) is -1.35. The van der Waals surface area contributed by atoms with Gasteiger partial charge >= 0.3 is 0 Å². The number of para-hydroxylation sites is 1. The minimum Gasteiger partial charge on any atom is -0.455 e. The van der Waals surface area contributed by atoms with E-state index in [9.17, 15) is 13.9 Å². The number of hydrogen-bond acceptors (Lipinski definition) is 2. The molecule has 1 unspecified atom stereocenters. The molecule has 3 aromatic rings. The lowest BCUT2D eigenvalue weighted by atomic mass is 10.1. The van der Waals surface area contributed by atoms with E-state index in [0.29, 0.717) is 5.39 Å². The van der Waals surface area contributed by atoms with Crippen molar-refractivity contribution in [1.82, 2.24) is 0 Å². The van der Waals surface area contributed by atoms with Crippen molar-refractivity contribution >= 4 is 22.6 Å². The highest BCUT2D eigenvalue weighted by Crippen LogP contribution is 2.32. The van der Waals surface area contributed by atoms with Gasteiger partial charge in [-0.1, -0.05) is 35.9 Å². The summed E-state index contributed by atoms with van der Waals surface area (Å²) in [6, 6.07) is 10.2. The number of halogens is 3. The first-order valence-electron chi connectivity index (χ1n) is 5.88. The predicted molar refractivity (Wildman–Crippen MR) is 71.6 cm³/mol. The number of rotatable bonds is 2. The molecule has 0 aliphatic heterocycles. The third-order valence-corrected chi connectivity index (χ3v) is 3.35. The van der Waals surface area contributed by atoms with Crippen LogP contribution in [0.3, 0.4) is 0 Å². The molecule has 20 heavy (non-hydrogen) atoms. The van der Waals surface area contributed by atoms with Gasteiger partial charge < -0.3 is 9.52 Å². The molecule has 0 radical (unpaired) electrons. The number of fused-ring (bicyclic) bond motifs is 1. The van der Waals surface area contributed by atoms with Gasteiger partial charge in [-0.15, -0.1) is 0 Å². The van der Waals surface area contributed by atoms with Gasteiger partial charge in [0.15, 0.2) is 11.4 Å².